The molecule has 1 N–H and O–H groups in total. The molecule has 1 unspecified atom stereocenters. The minimum Gasteiger partial charge on any atom is -0.396 e. The summed E-state index contributed by atoms with van der Waals surface area (Å²) in [6, 6.07) is 9.33. The van der Waals surface area contributed by atoms with E-state index in [9.17, 15) is 8.78 Å². The highest BCUT2D eigenvalue weighted by Gasteiger charge is 2.58. The summed E-state index contributed by atoms with van der Waals surface area (Å²) in [6.45, 7) is 2.20. The number of aliphatic hydroxyl groups is 1. The van der Waals surface area contributed by atoms with E-state index in [0.717, 1.165) is 35.5 Å². The Morgan fingerprint density at radius 2 is 1.97 bits per heavy atom. The molecule has 0 spiro atoms. The molecule has 7 nitrogen and oxygen atoms in total. The van der Waals surface area contributed by atoms with Gasteiger partial charge < -0.3 is 5.11 Å². The molecule has 9 heteroatoms. The maximum absolute atomic E-state index is 14.4. The minimum atomic E-state index is -0.652. The molecule has 1 fully saturated rings. The van der Waals surface area contributed by atoms with E-state index >= 15 is 0 Å². The molecule has 0 saturated heterocycles. The first-order chi connectivity index (χ1) is 16.5. The molecule has 172 valence electrons. The van der Waals surface area contributed by atoms with E-state index in [0.29, 0.717) is 12.4 Å². The molecule has 0 aliphatic heterocycles. The van der Waals surface area contributed by atoms with Crippen LogP contribution in [0.4, 0.5) is 8.78 Å². The van der Waals surface area contributed by atoms with Gasteiger partial charge in [0.25, 0.3) is 5.95 Å². The predicted molar refractivity (Wildman–Crippen MR) is 119 cm³/mol. The summed E-state index contributed by atoms with van der Waals surface area (Å²) in [5.41, 5.74) is 3.01. The van der Waals surface area contributed by atoms with Crippen molar-refractivity contribution >= 4 is 0 Å². The molecule has 4 aromatic rings. The lowest BCUT2D eigenvalue weighted by Crippen LogP contribution is -2.31. The van der Waals surface area contributed by atoms with Crippen LogP contribution < -0.4 is 0 Å². The van der Waals surface area contributed by atoms with Crippen molar-refractivity contribution in [3.8, 4) is 17.2 Å². The number of aromatic nitrogens is 6. The summed E-state index contributed by atoms with van der Waals surface area (Å²) in [6.07, 6.45) is 5.75. The largest absolute Gasteiger partial charge is 0.396 e. The topological polar surface area (TPSA) is 89.6 Å². The first-order valence-electron chi connectivity index (χ1n) is 11.3. The fraction of sp³-hybridized carbons (Fsp3) is 0.320. The second-order valence-corrected chi connectivity index (χ2v) is 9.00. The third kappa shape index (κ3) is 2.93. The van der Waals surface area contributed by atoms with Crippen LogP contribution in [0.1, 0.15) is 48.3 Å². The van der Waals surface area contributed by atoms with Crippen molar-refractivity contribution in [3.05, 3.63) is 83.1 Å². The van der Waals surface area contributed by atoms with Crippen LogP contribution in [0.3, 0.4) is 0 Å². The third-order valence-electron chi connectivity index (χ3n) is 7.41. The summed E-state index contributed by atoms with van der Waals surface area (Å²) in [5.74, 6) is -0.458. The molecule has 0 radical (unpaired) electrons. The zero-order valence-electron chi connectivity index (χ0n) is 18.5. The Hall–Kier alpha value is -3.59. The first kappa shape index (κ1) is 21.0. The second-order valence-electron chi connectivity index (χ2n) is 9.00. The summed E-state index contributed by atoms with van der Waals surface area (Å²) >= 11 is 0. The Balaban J connectivity index is 1.44. The Morgan fingerprint density at radius 3 is 2.76 bits per heavy atom. The normalized spacial score (nSPS) is 22.8. The molecule has 3 heterocycles. The molecule has 2 aliphatic rings. The number of rotatable bonds is 5. The molecule has 3 atom stereocenters. The Labute approximate surface area is 194 Å². The van der Waals surface area contributed by atoms with Gasteiger partial charge in [-0.15, -0.1) is 5.10 Å². The molecule has 34 heavy (non-hydrogen) atoms. The smallest absolute Gasteiger partial charge is 0.250 e. The van der Waals surface area contributed by atoms with Gasteiger partial charge in [-0.2, -0.15) is 10.2 Å². The average molecular weight is 460 g/mol. The van der Waals surface area contributed by atoms with Crippen LogP contribution in [0.25, 0.3) is 17.2 Å². The number of aliphatic hydroxyl groups excluding tert-OH is 1. The molecular weight excluding hydrogens is 438 g/mol. The lowest BCUT2D eigenvalue weighted by molar-refractivity contribution is 0.298. The SMILES string of the molecule is CC1[C@H]2CC[C@]1(c1ccnc(-n3ccc(CCO)n3)n1)c1nnc(-c3c(F)cccc3F)cc12. The van der Waals surface area contributed by atoms with Gasteiger partial charge in [-0.1, -0.05) is 13.0 Å². The van der Waals surface area contributed by atoms with E-state index in [4.69, 9.17) is 10.1 Å². The molecule has 1 saturated carbocycles. The van der Waals surface area contributed by atoms with Crippen molar-refractivity contribution in [1.29, 1.82) is 0 Å². The molecule has 3 aromatic heterocycles. The lowest BCUT2D eigenvalue weighted by atomic mass is 9.75. The van der Waals surface area contributed by atoms with Crippen molar-refractivity contribution in [2.24, 2.45) is 5.92 Å². The van der Waals surface area contributed by atoms with Crippen molar-refractivity contribution in [2.45, 2.75) is 37.5 Å². The zero-order chi connectivity index (χ0) is 23.4. The van der Waals surface area contributed by atoms with Crippen LogP contribution in [0.5, 0.6) is 0 Å². The minimum absolute atomic E-state index is 0.0220. The quantitative estimate of drug-likeness (QED) is 0.488. The van der Waals surface area contributed by atoms with Gasteiger partial charge in [-0.05, 0) is 60.6 Å². The van der Waals surface area contributed by atoms with Gasteiger partial charge in [0.05, 0.1) is 33.8 Å². The number of halogens is 2. The van der Waals surface area contributed by atoms with Crippen molar-refractivity contribution in [1.82, 2.24) is 29.9 Å². The van der Waals surface area contributed by atoms with Gasteiger partial charge in [0.2, 0.25) is 0 Å². The van der Waals surface area contributed by atoms with Crippen LogP contribution in [-0.4, -0.2) is 41.7 Å². The lowest BCUT2D eigenvalue weighted by Gasteiger charge is -2.30. The van der Waals surface area contributed by atoms with Crippen molar-refractivity contribution in [2.75, 3.05) is 6.61 Å². The van der Waals surface area contributed by atoms with Gasteiger partial charge in [0, 0.05) is 25.4 Å². The highest BCUT2D eigenvalue weighted by Crippen LogP contribution is 2.62. The molecular formula is C25H22F2N6O. The molecule has 2 bridgehead atoms. The number of fused-ring (bicyclic) bond motifs is 5. The van der Waals surface area contributed by atoms with E-state index in [-0.39, 0.29) is 29.7 Å². The fourth-order valence-electron chi connectivity index (χ4n) is 5.77. The molecule has 1 aromatic carbocycles. The molecule has 6 rings (SSSR count). The van der Waals surface area contributed by atoms with Gasteiger partial charge in [-0.25, -0.2) is 23.4 Å². The maximum Gasteiger partial charge on any atom is 0.250 e. The standard InChI is InChI=1S/C25H22F2N6O/c1-14-16-5-9-25(14,21-6-10-28-24(29-21)33-11-7-15(32-33)8-12-34)23-17(16)13-20(30-31-23)22-18(26)3-2-4-19(22)27/h2-4,6-7,10-11,13-14,16,34H,5,8-9,12H2,1H3/t14?,16-,25+/m1/s1. The number of hydrogen-bond acceptors (Lipinski definition) is 6. The van der Waals surface area contributed by atoms with Crippen LogP contribution in [0.2, 0.25) is 0 Å². The van der Waals surface area contributed by atoms with Crippen molar-refractivity contribution < 1.29 is 13.9 Å². The predicted octanol–water partition coefficient (Wildman–Crippen LogP) is 3.75. The third-order valence-corrected chi connectivity index (χ3v) is 7.41. The highest BCUT2D eigenvalue weighted by atomic mass is 19.1. The molecule has 0 amide bonds. The van der Waals surface area contributed by atoms with Crippen LogP contribution in [-0.2, 0) is 11.8 Å². The van der Waals surface area contributed by atoms with E-state index in [1.165, 1.54) is 18.2 Å². The zero-order valence-corrected chi connectivity index (χ0v) is 18.5. The van der Waals surface area contributed by atoms with E-state index < -0.39 is 17.0 Å². The average Bonchev–Trinajstić information content (AvgIpc) is 3.51. The number of benzene rings is 1. The summed E-state index contributed by atoms with van der Waals surface area (Å²) in [4.78, 5) is 9.26. The second kappa shape index (κ2) is 7.73. The van der Waals surface area contributed by atoms with Crippen LogP contribution in [0, 0.1) is 17.6 Å². The number of hydrogen-bond donors (Lipinski definition) is 1. The fourth-order valence-corrected chi connectivity index (χ4v) is 5.77. The Kier molecular flexibility index (Phi) is 4.77. The van der Waals surface area contributed by atoms with E-state index in [1.54, 1.807) is 23.1 Å². The van der Waals surface area contributed by atoms with E-state index in [2.05, 4.69) is 27.2 Å². The Bertz CT molecular complexity index is 1390. The molecule has 2 aliphatic carbocycles. The summed E-state index contributed by atoms with van der Waals surface area (Å²) in [7, 11) is 0. The summed E-state index contributed by atoms with van der Waals surface area (Å²) < 4.78 is 30.4. The summed E-state index contributed by atoms with van der Waals surface area (Å²) in [5, 5.41) is 22.4. The first-order valence-corrected chi connectivity index (χ1v) is 11.3. The van der Waals surface area contributed by atoms with Crippen LogP contribution in [0.15, 0.2) is 48.8 Å². The van der Waals surface area contributed by atoms with Gasteiger partial charge >= 0.3 is 0 Å². The van der Waals surface area contributed by atoms with Gasteiger partial charge in [0.1, 0.15) is 11.6 Å². The van der Waals surface area contributed by atoms with Gasteiger partial charge in [-0.3, -0.25) is 0 Å². The van der Waals surface area contributed by atoms with Gasteiger partial charge in [0.15, 0.2) is 0 Å². The number of nitrogens with zero attached hydrogens (tertiary/aromatic N) is 6. The Morgan fingerprint density at radius 1 is 1.15 bits per heavy atom. The van der Waals surface area contributed by atoms with Crippen molar-refractivity contribution in [3.63, 3.8) is 0 Å². The van der Waals surface area contributed by atoms with E-state index in [1.807, 2.05) is 12.1 Å². The maximum atomic E-state index is 14.4. The monoisotopic (exact) mass is 460 g/mol. The highest BCUT2D eigenvalue weighted by molar-refractivity contribution is 5.63. The van der Waals surface area contributed by atoms with Crippen LogP contribution >= 0.6 is 0 Å².